The summed E-state index contributed by atoms with van der Waals surface area (Å²) in [4.78, 5) is 4.72. The first-order valence-electron chi connectivity index (χ1n) is 6.44. The van der Waals surface area contributed by atoms with Gasteiger partial charge in [-0.1, -0.05) is 23.6 Å². The number of pyridine rings is 1. The number of benzene rings is 2. The van der Waals surface area contributed by atoms with E-state index in [1.165, 1.54) is 22.0 Å². The number of rotatable bonds is 0. The van der Waals surface area contributed by atoms with Gasteiger partial charge in [-0.2, -0.15) is 0 Å². The van der Waals surface area contributed by atoms with Gasteiger partial charge in [-0.05, 0) is 25.3 Å². The minimum atomic E-state index is 0. The molecule has 0 aliphatic heterocycles. The van der Waals surface area contributed by atoms with Gasteiger partial charge >= 0.3 is 0 Å². The van der Waals surface area contributed by atoms with Crippen molar-refractivity contribution < 1.29 is 20.1 Å². The molecule has 0 N–H and O–H groups in total. The van der Waals surface area contributed by atoms with Crippen molar-refractivity contribution in [3.63, 3.8) is 0 Å². The Hall–Kier alpha value is -1.70. The molecular weight excluding hydrogens is 424 g/mol. The third-order valence-corrected chi connectivity index (χ3v) is 3.86. The van der Waals surface area contributed by atoms with Crippen LogP contribution in [0.2, 0.25) is 0 Å². The predicted octanol–water partition coefficient (Wildman–Crippen LogP) is 4.06. The van der Waals surface area contributed by atoms with Crippen LogP contribution < -0.4 is 0 Å². The van der Waals surface area contributed by atoms with E-state index in [2.05, 4.69) is 54.6 Å². The van der Waals surface area contributed by atoms with E-state index in [0.29, 0.717) is 0 Å². The van der Waals surface area contributed by atoms with Gasteiger partial charge in [0.25, 0.3) is 0 Å². The Balaban J connectivity index is 0.00000121. The summed E-state index contributed by atoms with van der Waals surface area (Å²) < 4.78 is 2.24. The van der Waals surface area contributed by atoms with E-state index in [0.717, 1.165) is 16.7 Å². The Morgan fingerprint density at radius 2 is 1.75 bits per heavy atom. The molecule has 20 heavy (non-hydrogen) atoms. The summed E-state index contributed by atoms with van der Waals surface area (Å²) in [6.45, 7) is 4.18. The number of aryl methyl sites for hydroxylation is 2. The molecule has 101 valence electrons. The first kappa shape index (κ1) is 13.3. The average molecular weight is 438 g/mol. The van der Waals surface area contributed by atoms with Crippen molar-refractivity contribution in [3.8, 4) is 0 Å². The molecule has 0 saturated carbocycles. The average Bonchev–Trinajstić information content (AvgIpc) is 2.76. The summed E-state index contributed by atoms with van der Waals surface area (Å²) in [6.07, 6.45) is 0. The van der Waals surface area contributed by atoms with Crippen LogP contribution in [-0.4, -0.2) is 9.38 Å². The summed E-state index contributed by atoms with van der Waals surface area (Å²) in [5.74, 6) is 0. The molecule has 0 aliphatic carbocycles. The second kappa shape index (κ2) is 4.69. The molecule has 2 nitrogen and oxygen atoms in total. The van der Waals surface area contributed by atoms with E-state index in [1.54, 1.807) is 0 Å². The number of fused-ring (bicyclic) bond motifs is 6. The Labute approximate surface area is 130 Å². The van der Waals surface area contributed by atoms with Gasteiger partial charge < -0.3 is 4.40 Å². The van der Waals surface area contributed by atoms with Gasteiger partial charge in [-0.25, -0.2) is 0 Å². The van der Waals surface area contributed by atoms with E-state index in [4.69, 9.17) is 4.98 Å². The van der Waals surface area contributed by atoms with Crippen molar-refractivity contribution in [1.29, 1.82) is 0 Å². The smallest absolute Gasteiger partial charge is 0.0614 e. The fraction of sp³-hybridized carbons (Fsp3) is 0.118. The first-order chi connectivity index (χ1) is 9.27. The molecule has 0 aliphatic rings. The fourth-order valence-electron chi connectivity index (χ4n) is 2.82. The molecule has 4 aromatic rings. The molecule has 2 aromatic heterocycles. The third kappa shape index (κ3) is 1.64. The van der Waals surface area contributed by atoms with Crippen LogP contribution in [0.4, 0.5) is 0 Å². The molecule has 0 unspecified atom stereocenters. The zero-order valence-corrected chi connectivity index (χ0v) is 13.7. The van der Waals surface area contributed by atoms with Crippen LogP contribution in [0.25, 0.3) is 27.3 Å². The molecule has 1 radical (unpaired) electrons. The maximum atomic E-state index is 4.72. The summed E-state index contributed by atoms with van der Waals surface area (Å²) in [5.41, 5.74) is 4.49. The van der Waals surface area contributed by atoms with E-state index in [-0.39, 0.29) is 20.1 Å². The Bertz CT molecular complexity index is 938. The van der Waals surface area contributed by atoms with Crippen LogP contribution in [0.3, 0.4) is 0 Å². The molecule has 0 bridgehead atoms. The van der Waals surface area contributed by atoms with Crippen LogP contribution in [-0.2, 0) is 20.1 Å². The van der Waals surface area contributed by atoms with Crippen LogP contribution in [0.5, 0.6) is 0 Å². The van der Waals surface area contributed by atoms with Gasteiger partial charge in [-0.3, -0.25) is 4.98 Å². The van der Waals surface area contributed by atoms with Crippen molar-refractivity contribution in [2.24, 2.45) is 0 Å². The maximum absolute atomic E-state index is 4.72. The second-order valence-electron chi connectivity index (χ2n) is 4.92. The van der Waals surface area contributed by atoms with Gasteiger partial charge in [0.1, 0.15) is 0 Å². The van der Waals surface area contributed by atoms with Gasteiger partial charge in [0.15, 0.2) is 0 Å². The first-order valence-corrected chi connectivity index (χ1v) is 6.44. The molecule has 0 fully saturated rings. The molecule has 2 aromatic carbocycles. The van der Waals surface area contributed by atoms with E-state index in [9.17, 15) is 0 Å². The third-order valence-electron chi connectivity index (χ3n) is 3.86. The van der Waals surface area contributed by atoms with Crippen LogP contribution in [0.1, 0.15) is 11.4 Å². The molecule has 3 heteroatoms. The summed E-state index contributed by atoms with van der Waals surface area (Å²) >= 11 is 0. The minimum absolute atomic E-state index is 0. The molecule has 0 amide bonds. The quantitative estimate of drug-likeness (QED) is 0.300. The van der Waals surface area contributed by atoms with Crippen LogP contribution in [0.15, 0.2) is 42.5 Å². The standard InChI is InChI=1S/C17H13N2.Ir/c1-11-12(2)19-16-10-6-5-8-14(16)13-7-3-4-9-15(13)17(19)18-11;/h3-8,10H,1-2H3;/q-1;. The monoisotopic (exact) mass is 438 g/mol. The van der Waals surface area contributed by atoms with Gasteiger partial charge in [0, 0.05) is 37.0 Å². The summed E-state index contributed by atoms with van der Waals surface area (Å²) in [6, 6.07) is 18.0. The van der Waals surface area contributed by atoms with Crippen LogP contribution in [0, 0.1) is 19.9 Å². The second-order valence-corrected chi connectivity index (χ2v) is 4.92. The van der Waals surface area contributed by atoms with Crippen molar-refractivity contribution in [2.75, 3.05) is 0 Å². The number of hydrogen-bond donors (Lipinski definition) is 0. The molecule has 0 saturated heterocycles. The van der Waals surface area contributed by atoms with E-state index in [1.807, 2.05) is 12.1 Å². The zero-order valence-electron chi connectivity index (χ0n) is 11.3. The molecule has 0 atom stereocenters. The summed E-state index contributed by atoms with van der Waals surface area (Å²) in [7, 11) is 0. The zero-order chi connectivity index (χ0) is 13.0. The largest absolute Gasteiger partial charge is 0.337 e. The number of nitrogens with zero attached hydrogens (tertiary/aromatic N) is 2. The van der Waals surface area contributed by atoms with E-state index >= 15 is 0 Å². The summed E-state index contributed by atoms with van der Waals surface area (Å²) in [5, 5.41) is 3.57. The number of aromatic nitrogens is 2. The van der Waals surface area contributed by atoms with Crippen molar-refractivity contribution in [3.05, 3.63) is 59.9 Å². The number of imidazole rings is 1. The Morgan fingerprint density at radius 1 is 1.00 bits per heavy atom. The Kier molecular flexibility index (Phi) is 3.12. The SMILES string of the molecule is Cc1nc2c3[c-]cccc3c3ccccc3n2c1C.[Ir]. The van der Waals surface area contributed by atoms with Crippen molar-refractivity contribution >= 4 is 27.3 Å². The number of para-hydroxylation sites is 1. The van der Waals surface area contributed by atoms with Crippen molar-refractivity contribution in [2.45, 2.75) is 13.8 Å². The topological polar surface area (TPSA) is 17.3 Å². The van der Waals surface area contributed by atoms with Crippen LogP contribution >= 0.6 is 0 Å². The molecular formula is C17H13IrN2-. The normalized spacial score (nSPS) is 11.1. The molecule has 0 spiro atoms. The molecule has 4 rings (SSSR count). The Morgan fingerprint density at radius 3 is 2.60 bits per heavy atom. The maximum Gasteiger partial charge on any atom is 0.0614 e. The fourth-order valence-corrected chi connectivity index (χ4v) is 2.82. The number of hydrogen-bond acceptors (Lipinski definition) is 1. The van der Waals surface area contributed by atoms with Crippen molar-refractivity contribution in [1.82, 2.24) is 9.38 Å². The van der Waals surface area contributed by atoms with Gasteiger partial charge in [-0.15, -0.1) is 29.7 Å². The predicted molar refractivity (Wildman–Crippen MR) is 78.5 cm³/mol. The minimum Gasteiger partial charge on any atom is -0.337 e. The molecule has 2 heterocycles. The van der Waals surface area contributed by atoms with Gasteiger partial charge in [0.05, 0.1) is 5.65 Å². The van der Waals surface area contributed by atoms with Gasteiger partial charge in [0.2, 0.25) is 0 Å². The van der Waals surface area contributed by atoms with E-state index < -0.39 is 0 Å².